The van der Waals surface area contributed by atoms with E-state index in [2.05, 4.69) is 36.3 Å². The number of nitrogens with one attached hydrogen (secondary N) is 1. The summed E-state index contributed by atoms with van der Waals surface area (Å²) in [5, 5.41) is 21.3. The number of benzene rings is 1. The quantitative estimate of drug-likeness (QED) is 0.659. The molecule has 6 heteroatoms. The van der Waals surface area contributed by atoms with Gasteiger partial charge in [0.1, 0.15) is 16.6 Å². The zero-order chi connectivity index (χ0) is 18.7. The van der Waals surface area contributed by atoms with Gasteiger partial charge in [-0.25, -0.2) is 0 Å². The minimum Gasteiger partial charge on any atom is -0.296 e. The van der Waals surface area contributed by atoms with E-state index in [1.807, 2.05) is 26.8 Å². The molecule has 0 aliphatic rings. The van der Waals surface area contributed by atoms with Gasteiger partial charge in [-0.05, 0) is 80.5 Å². The number of aryl methyl sites for hydroxylation is 1. The van der Waals surface area contributed by atoms with Crippen LogP contribution in [-0.4, -0.2) is 16.1 Å². The highest BCUT2D eigenvalue weighted by molar-refractivity contribution is 7.15. The summed E-state index contributed by atoms with van der Waals surface area (Å²) in [5.74, 6) is -0.462. The number of carbonyl (C=O) groups excluding carboxylic acids is 1. The molecular formula is C19H22N4OS. The zero-order valence-corrected chi connectivity index (χ0v) is 16.3. The molecule has 0 bridgehead atoms. The Morgan fingerprint density at radius 1 is 1.08 bits per heavy atom. The second kappa shape index (κ2) is 7.58. The van der Waals surface area contributed by atoms with Crippen LogP contribution in [0.3, 0.4) is 0 Å². The number of aromatic nitrogens is 2. The van der Waals surface area contributed by atoms with E-state index < -0.39 is 5.91 Å². The Hall–Kier alpha value is -2.52. The van der Waals surface area contributed by atoms with E-state index in [4.69, 9.17) is 0 Å². The molecule has 2 rings (SSSR count). The number of amides is 1. The smallest absolute Gasteiger partial charge is 0.268 e. The Morgan fingerprint density at radius 2 is 1.64 bits per heavy atom. The van der Waals surface area contributed by atoms with Crippen LogP contribution in [0.2, 0.25) is 0 Å². The summed E-state index contributed by atoms with van der Waals surface area (Å²) in [7, 11) is 0. The molecule has 0 atom stereocenters. The normalized spacial score (nSPS) is 11.3. The highest BCUT2D eigenvalue weighted by Crippen LogP contribution is 2.28. The van der Waals surface area contributed by atoms with Gasteiger partial charge in [0.15, 0.2) is 0 Å². The van der Waals surface area contributed by atoms with Crippen LogP contribution < -0.4 is 5.32 Å². The van der Waals surface area contributed by atoms with Gasteiger partial charge in [0.05, 0.1) is 0 Å². The summed E-state index contributed by atoms with van der Waals surface area (Å²) in [6, 6.07) is 2.00. The SMILES string of the molecule is CCc1nnc(NC(=O)/C(C#N)=C/c2c(C)c(C)c(C)c(C)c2C)s1. The Balaban J connectivity index is 2.41. The molecule has 1 N–H and O–H groups in total. The van der Waals surface area contributed by atoms with Crippen molar-refractivity contribution >= 4 is 28.5 Å². The van der Waals surface area contributed by atoms with E-state index in [0.717, 1.165) is 28.1 Å². The Morgan fingerprint density at radius 3 is 2.12 bits per heavy atom. The summed E-state index contributed by atoms with van der Waals surface area (Å²) in [4.78, 5) is 12.4. The fourth-order valence-electron chi connectivity index (χ4n) is 2.65. The lowest BCUT2D eigenvalue weighted by Gasteiger charge is -2.16. The van der Waals surface area contributed by atoms with E-state index in [1.165, 1.54) is 28.0 Å². The van der Waals surface area contributed by atoms with Crippen LogP contribution in [0.1, 0.15) is 45.3 Å². The van der Waals surface area contributed by atoms with Crippen LogP contribution >= 0.6 is 11.3 Å². The monoisotopic (exact) mass is 354 g/mol. The summed E-state index contributed by atoms with van der Waals surface area (Å²) in [6.45, 7) is 12.2. The lowest BCUT2D eigenvalue weighted by atomic mass is 9.89. The molecule has 0 aliphatic heterocycles. The number of nitriles is 1. The first kappa shape index (κ1) is 18.8. The van der Waals surface area contributed by atoms with E-state index in [-0.39, 0.29) is 5.57 Å². The largest absolute Gasteiger partial charge is 0.296 e. The predicted octanol–water partition coefficient (Wildman–Crippen LogP) is 4.19. The highest BCUT2D eigenvalue weighted by Gasteiger charge is 2.16. The molecule has 1 amide bonds. The molecule has 0 aliphatic carbocycles. The first-order valence-corrected chi connectivity index (χ1v) is 8.94. The molecule has 0 fully saturated rings. The van der Waals surface area contributed by atoms with Crippen LogP contribution in [0.5, 0.6) is 0 Å². The minimum atomic E-state index is -0.462. The molecule has 1 aromatic carbocycles. The minimum absolute atomic E-state index is 0.0575. The first-order chi connectivity index (χ1) is 11.8. The van der Waals surface area contributed by atoms with Crippen molar-refractivity contribution in [3.8, 4) is 6.07 Å². The van der Waals surface area contributed by atoms with Crippen LogP contribution in [0.4, 0.5) is 5.13 Å². The van der Waals surface area contributed by atoms with Crippen LogP contribution in [0, 0.1) is 45.9 Å². The number of rotatable bonds is 4. The maximum absolute atomic E-state index is 12.4. The van der Waals surface area contributed by atoms with Gasteiger partial charge < -0.3 is 0 Å². The van der Waals surface area contributed by atoms with Gasteiger partial charge >= 0.3 is 0 Å². The molecule has 25 heavy (non-hydrogen) atoms. The number of hydrogen-bond donors (Lipinski definition) is 1. The lowest BCUT2D eigenvalue weighted by molar-refractivity contribution is -0.112. The van der Waals surface area contributed by atoms with E-state index in [9.17, 15) is 10.1 Å². The molecule has 2 aromatic rings. The summed E-state index contributed by atoms with van der Waals surface area (Å²) in [6.07, 6.45) is 2.43. The topological polar surface area (TPSA) is 78.7 Å². The second-order valence-electron chi connectivity index (χ2n) is 6.02. The van der Waals surface area contributed by atoms with E-state index >= 15 is 0 Å². The zero-order valence-electron chi connectivity index (χ0n) is 15.4. The molecule has 0 radical (unpaired) electrons. The van der Waals surface area contributed by atoms with Gasteiger partial charge in [-0.3, -0.25) is 10.1 Å². The van der Waals surface area contributed by atoms with Crippen molar-refractivity contribution in [1.29, 1.82) is 5.26 Å². The van der Waals surface area contributed by atoms with E-state index in [0.29, 0.717) is 5.13 Å². The Bertz CT molecular complexity index is 874. The summed E-state index contributed by atoms with van der Waals surface area (Å²) < 4.78 is 0. The molecule has 0 unspecified atom stereocenters. The lowest BCUT2D eigenvalue weighted by Crippen LogP contribution is -2.13. The van der Waals surface area contributed by atoms with Crippen LogP contribution in [0.25, 0.3) is 6.08 Å². The van der Waals surface area contributed by atoms with Crippen molar-refractivity contribution < 1.29 is 4.79 Å². The third kappa shape index (κ3) is 3.77. The fourth-order valence-corrected chi connectivity index (χ4v) is 3.32. The van der Waals surface area contributed by atoms with Gasteiger partial charge in [-0.15, -0.1) is 10.2 Å². The fraction of sp³-hybridized carbons (Fsp3) is 0.368. The molecule has 0 spiro atoms. The highest BCUT2D eigenvalue weighted by atomic mass is 32.1. The Labute approximate surface area is 152 Å². The summed E-state index contributed by atoms with van der Waals surface area (Å²) in [5.41, 5.74) is 6.78. The Kier molecular flexibility index (Phi) is 5.70. The average Bonchev–Trinajstić information content (AvgIpc) is 3.06. The number of nitrogens with zero attached hydrogens (tertiary/aromatic N) is 3. The van der Waals surface area contributed by atoms with Gasteiger partial charge in [0.2, 0.25) is 5.13 Å². The van der Waals surface area contributed by atoms with Crippen molar-refractivity contribution in [1.82, 2.24) is 10.2 Å². The maximum atomic E-state index is 12.4. The van der Waals surface area contributed by atoms with Crippen molar-refractivity contribution in [3.05, 3.63) is 44.0 Å². The molecule has 130 valence electrons. The van der Waals surface area contributed by atoms with Crippen molar-refractivity contribution in [2.24, 2.45) is 0 Å². The van der Waals surface area contributed by atoms with Crippen molar-refractivity contribution in [2.45, 2.75) is 48.0 Å². The van der Waals surface area contributed by atoms with E-state index in [1.54, 1.807) is 6.08 Å². The number of hydrogen-bond acceptors (Lipinski definition) is 5. The predicted molar refractivity (Wildman–Crippen MR) is 102 cm³/mol. The van der Waals surface area contributed by atoms with Gasteiger partial charge in [-0.1, -0.05) is 18.3 Å². The van der Waals surface area contributed by atoms with Gasteiger partial charge in [-0.2, -0.15) is 5.26 Å². The molecule has 0 saturated carbocycles. The number of carbonyl (C=O) groups is 1. The molecular weight excluding hydrogens is 332 g/mol. The van der Waals surface area contributed by atoms with Crippen LogP contribution in [0.15, 0.2) is 5.57 Å². The molecule has 0 saturated heterocycles. The van der Waals surface area contributed by atoms with Crippen molar-refractivity contribution in [3.63, 3.8) is 0 Å². The second-order valence-corrected chi connectivity index (χ2v) is 7.08. The summed E-state index contributed by atoms with van der Waals surface area (Å²) >= 11 is 1.32. The molecule has 1 heterocycles. The third-order valence-electron chi connectivity index (χ3n) is 4.70. The number of anilines is 1. The molecule has 1 aromatic heterocycles. The average molecular weight is 354 g/mol. The van der Waals surface area contributed by atoms with Gasteiger partial charge in [0.25, 0.3) is 5.91 Å². The standard InChI is InChI=1S/C19H22N4OS/c1-7-17-22-23-19(25-17)21-18(24)15(9-20)8-16-13(5)11(3)10(2)12(4)14(16)6/h8H,7H2,1-6H3,(H,21,23,24)/b15-8+. The molecule has 5 nitrogen and oxygen atoms in total. The third-order valence-corrected chi connectivity index (χ3v) is 5.68. The van der Waals surface area contributed by atoms with Crippen molar-refractivity contribution in [2.75, 3.05) is 5.32 Å². The maximum Gasteiger partial charge on any atom is 0.268 e. The van der Waals surface area contributed by atoms with Crippen LogP contribution in [-0.2, 0) is 11.2 Å². The van der Waals surface area contributed by atoms with Gasteiger partial charge in [0, 0.05) is 0 Å². The first-order valence-electron chi connectivity index (χ1n) is 8.12.